The molecule has 2 saturated heterocycles. The molecule has 0 bridgehead atoms. The van der Waals surface area contributed by atoms with E-state index in [4.69, 9.17) is 19.6 Å². The van der Waals surface area contributed by atoms with E-state index >= 15 is 0 Å². The van der Waals surface area contributed by atoms with Crippen LogP contribution in [0.2, 0.25) is 0 Å². The first-order valence-corrected chi connectivity index (χ1v) is 17.7. The number of hydrogen-bond donors (Lipinski definition) is 0. The van der Waals surface area contributed by atoms with Gasteiger partial charge in [0, 0.05) is 55.3 Å². The standard InChI is InChI=1S/C41H49N5O2/c1-5-35-27-45(25-31-14-8-6-9-15-31)41(3,4)29-44(35)26-34-24-37(33-19-21-36(22-20-33)48-28-32-16-10-7-11-17-32)42-40-39(34)30(2)43-46(40)38-18-12-13-23-47-38/h6-11,14-17,19-22,24,35,38H,5,12-13,18,23,25-29H2,1-4H3. The second kappa shape index (κ2) is 14.2. The zero-order valence-corrected chi connectivity index (χ0v) is 28.9. The number of aryl methyl sites for hydroxylation is 1. The van der Waals surface area contributed by atoms with Crippen molar-refractivity contribution in [3.63, 3.8) is 0 Å². The predicted molar refractivity (Wildman–Crippen MR) is 193 cm³/mol. The van der Waals surface area contributed by atoms with Gasteiger partial charge in [0.1, 0.15) is 12.4 Å². The highest BCUT2D eigenvalue weighted by Crippen LogP contribution is 2.35. The monoisotopic (exact) mass is 643 g/mol. The molecule has 0 amide bonds. The van der Waals surface area contributed by atoms with Gasteiger partial charge in [0.2, 0.25) is 0 Å². The lowest BCUT2D eigenvalue weighted by Gasteiger charge is -2.51. The topological polar surface area (TPSA) is 55.7 Å². The minimum Gasteiger partial charge on any atom is -0.489 e. The molecule has 48 heavy (non-hydrogen) atoms. The molecule has 0 saturated carbocycles. The molecule has 5 aromatic rings. The van der Waals surface area contributed by atoms with Crippen LogP contribution in [0.5, 0.6) is 5.75 Å². The minimum absolute atomic E-state index is 0.0290. The van der Waals surface area contributed by atoms with Crippen LogP contribution in [-0.4, -0.2) is 55.8 Å². The van der Waals surface area contributed by atoms with Crippen LogP contribution in [0, 0.1) is 6.92 Å². The van der Waals surface area contributed by atoms with Gasteiger partial charge in [0.25, 0.3) is 0 Å². The number of piperazine rings is 1. The Morgan fingerprint density at radius 3 is 2.31 bits per heavy atom. The number of pyridine rings is 1. The van der Waals surface area contributed by atoms with Gasteiger partial charge in [-0.05, 0) is 93.5 Å². The van der Waals surface area contributed by atoms with E-state index in [1.165, 1.54) is 11.1 Å². The summed E-state index contributed by atoms with van der Waals surface area (Å²) in [5.74, 6) is 0.849. The minimum atomic E-state index is -0.0804. The molecule has 2 atom stereocenters. The Labute approximate surface area is 285 Å². The third-order valence-electron chi connectivity index (χ3n) is 10.2. The normalized spacial score (nSPS) is 20.2. The van der Waals surface area contributed by atoms with Crippen molar-refractivity contribution in [2.45, 2.75) is 90.9 Å². The first-order chi connectivity index (χ1) is 23.4. The molecule has 7 rings (SSSR count). The number of fused-ring (bicyclic) bond motifs is 1. The molecule has 2 aliphatic rings. The Balaban J connectivity index is 1.20. The highest BCUT2D eigenvalue weighted by Gasteiger charge is 2.38. The van der Waals surface area contributed by atoms with Crippen molar-refractivity contribution in [1.29, 1.82) is 0 Å². The van der Waals surface area contributed by atoms with E-state index in [1.54, 1.807) is 0 Å². The van der Waals surface area contributed by atoms with Gasteiger partial charge in [-0.25, -0.2) is 9.67 Å². The van der Waals surface area contributed by atoms with Gasteiger partial charge >= 0.3 is 0 Å². The summed E-state index contributed by atoms with van der Waals surface area (Å²) in [6, 6.07) is 32.3. The predicted octanol–water partition coefficient (Wildman–Crippen LogP) is 8.56. The Morgan fingerprint density at radius 1 is 0.896 bits per heavy atom. The van der Waals surface area contributed by atoms with E-state index in [0.29, 0.717) is 12.6 Å². The molecule has 0 N–H and O–H groups in total. The fourth-order valence-corrected chi connectivity index (χ4v) is 7.47. The van der Waals surface area contributed by atoms with Gasteiger partial charge in [-0.2, -0.15) is 5.10 Å². The fraction of sp³-hybridized carbons (Fsp3) is 0.415. The number of benzene rings is 3. The van der Waals surface area contributed by atoms with Gasteiger partial charge in [0.15, 0.2) is 11.9 Å². The molecule has 7 nitrogen and oxygen atoms in total. The Kier molecular flexibility index (Phi) is 9.62. The quantitative estimate of drug-likeness (QED) is 0.152. The summed E-state index contributed by atoms with van der Waals surface area (Å²) in [4.78, 5) is 10.7. The molecular weight excluding hydrogens is 594 g/mol. The number of ether oxygens (including phenoxy) is 2. The Morgan fingerprint density at radius 2 is 1.62 bits per heavy atom. The average molecular weight is 644 g/mol. The number of aromatic nitrogens is 3. The lowest BCUT2D eigenvalue weighted by atomic mass is 9.92. The smallest absolute Gasteiger partial charge is 0.161 e. The SMILES string of the molecule is CCC1CN(Cc2ccccc2)C(C)(C)CN1Cc1cc(-c2ccc(OCc3ccccc3)cc2)nc2c1c(C)nn2C1CCCCO1. The zero-order valence-electron chi connectivity index (χ0n) is 28.9. The van der Waals surface area contributed by atoms with Gasteiger partial charge in [-0.3, -0.25) is 9.80 Å². The second-order valence-electron chi connectivity index (χ2n) is 14.2. The number of nitrogens with zero attached hydrogens (tertiary/aromatic N) is 5. The molecule has 0 spiro atoms. The van der Waals surface area contributed by atoms with Crippen LogP contribution in [0.3, 0.4) is 0 Å². The summed E-state index contributed by atoms with van der Waals surface area (Å²) >= 11 is 0. The highest BCUT2D eigenvalue weighted by molar-refractivity contribution is 5.85. The number of rotatable bonds is 10. The Hall–Kier alpha value is -4.04. The lowest BCUT2D eigenvalue weighted by molar-refractivity contribution is -0.0371. The highest BCUT2D eigenvalue weighted by atomic mass is 16.5. The van der Waals surface area contributed by atoms with E-state index < -0.39 is 0 Å². The molecular formula is C41H49N5O2. The molecule has 2 aromatic heterocycles. The first-order valence-electron chi connectivity index (χ1n) is 17.7. The molecule has 0 aliphatic carbocycles. The molecule has 250 valence electrons. The second-order valence-corrected chi connectivity index (χ2v) is 14.2. The van der Waals surface area contributed by atoms with Crippen LogP contribution < -0.4 is 4.74 Å². The van der Waals surface area contributed by atoms with Crippen molar-refractivity contribution < 1.29 is 9.47 Å². The van der Waals surface area contributed by atoms with E-state index in [1.807, 2.05) is 18.2 Å². The molecule has 0 radical (unpaired) electrons. The van der Waals surface area contributed by atoms with Gasteiger partial charge < -0.3 is 9.47 Å². The van der Waals surface area contributed by atoms with Crippen molar-refractivity contribution in [1.82, 2.24) is 24.6 Å². The van der Waals surface area contributed by atoms with E-state index in [-0.39, 0.29) is 11.8 Å². The number of hydrogen-bond acceptors (Lipinski definition) is 6. The maximum absolute atomic E-state index is 6.25. The molecule has 2 unspecified atom stereocenters. The van der Waals surface area contributed by atoms with Crippen LogP contribution in [-0.2, 0) is 24.4 Å². The molecule has 7 heteroatoms. The van der Waals surface area contributed by atoms with Crippen LogP contribution in [0.1, 0.15) is 75.1 Å². The Bertz CT molecular complexity index is 1800. The van der Waals surface area contributed by atoms with Gasteiger partial charge in [0.05, 0.1) is 11.4 Å². The van der Waals surface area contributed by atoms with Gasteiger partial charge in [-0.1, -0.05) is 67.6 Å². The average Bonchev–Trinajstić information content (AvgIpc) is 3.46. The van der Waals surface area contributed by atoms with Crippen LogP contribution in [0.15, 0.2) is 91.0 Å². The maximum Gasteiger partial charge on any atom is 0.161 e. The first kappa shape index (κ1) is 32.5. The summed E-state index contributed by atoms with van der Waals surface area (Å²) in [5, 5.41) is 6.24. The summed E-state index contributed by atoms with van der Waals surface area (Å²) in [7, 11) is 0. The lowest BCUT2D eigenvalue weighted by Crippen LogP contribution is -2.62. The van der Waals surface area contributed by atoms with E-state index in [0.717, 1.165) is 97.8 Å². The molecule has 4 heterocycles. The van der Waals surface area contributed by atoms with Crippen molar-refractivity contribution in [2.75, 3.05) is 19.7 Å². The third-order valence-corrected chi connectivity index (χ3v) is 10.2. The largest absolute Gasteiger partial charge is 0.489 e. The zero-order chi connectivity index (χ0) is 33.1. The van der Waals surface area contributed by atoms with E-state index in [2.05, 4.69) is 115 Å². The third kappa shape index (κ3) is 7.05. The van der Waals surface area contributed by atoms with Crippen LogP contribution >= 0.6 is 0 Å². The van der Waals surface area contributed by atoms with E-state index in [9.17, 15) is 0 Å². The summed E-state index contributed by atoms with van der Waals surface area (Å²) in [6.45, 7) is 14.4. The maximum atomic E-state index is 6.25. The molecule has 3 aromatic carbocycles. The van der Waals surface area contributed by atoms with Crippen molar-refractivity contribution in [3.8, 4) is 17.0 Å². The molecule has 2 fully saturated rings. The summed E-state index contributed by atoms with van der Waals surface area (Å²) in [6.07, 6.45) is 4.22. The van der Waals surface area contributed by atoms with Crippen LogP contribution in [0.25, 0.3) is 22.3 Å². The van der Waals surface area contributed by atoms with Gasteiger partial charge in [-0.15, -0.1) is 0 Å². The van der Waals surface area contributed by atoms with Crippen molar-refractivity contribution in [3.05, 3.63) is 113 Å². The van der Waals surface area contributed by atoms with Crippen LogP contribution in [0.4, 0.5) is 0 Å². The molecule has 2 aliphatic heterocycles. The summed E-state index contributed by atoms with van der Waals surface area (Å²) < 4.78 is 14.4. The van der Waals surface area contributed by atoms with Crippen molar-refractivity contribution >= 4 is 11.0 Å². The summed E-state index contributed by atoms with van der Waals surface area (Å²) in [5.41, 5.74) is 7.81. The van der Waals surface area contributed by atoms with Crippen molar-refractivity contribution in [2.24, 2.45) is 0 Å². The fourth-order valence-electron chi connectivity index (χ4n) is 7.47.